The largest absolute Gasteiger partial charge is 0.308 e. The Kier molecular flexibility index (Phi) is 7.14. The Morgan fingerprint density at radius 2 is 0.673 bits per heavy atom. The molecule has 0 aliphatic rings. The van der Waals surface area contributed by atoms with Gasteiger partial charge in [0.05, 0.1) is 16.6 Å². The quantitative estimate of drug-likeness (QED) is 0.184. The van der Waals surface area contributed by atoms with Crippen LogP contribution >= 0.6 is 0 Å². The van der Waals surface area contributed by atoms with Gasteiger partial charge in [-0.2, -0.15) is 0 Å². The first-order valence-electron chi connectivity index (χ1n) is 18.6. The lowest BCUT2D eigenvalue weighted by Gasteiger charge is -2.10. The fourth-order valence-corrected chi connectivity index (χ4v) is 8.30. The Bertz CT molecular complexity index is 3310. The number of rotatable bonds is 4. The maximum Gasteiger partial charge on any atom is 0.164 e. The number of para-hydroxylation sites is 2. The standard InChI is InChI=1S/C51H32N4/c1-3-15-33(16-4-1)35-19-13-20-36(31-35)50-52-49(34-17-5-2-6-18-34)53-51(54-50)37-29-30-47-45(32-37)44-27-14-26-43-41-24-10-8-22-39(41)38-21-7-9-23-40(38)42-25-11-12-28-46(42)55(47)48(43)44/h1-32H. The lowest BCUT2D eigenvalue weighted by atomic mass is 10.0. The molecular weight excluding hydrogens is 669 g/mol. The van der Waals surface area contributed by atoms with Gasteiger partial charge in [-0.25, -0.2) is 15.0 Å². The third-order valence-electron chi connectivity index (χ3n) is 10.8. The van der Waals surface area contributed by atoms with Gasteiger partial charge in [0.25, 0.3) is 0 Å². The molecule has 11 aromatic rings. The van der Waals surface area contributed by atoms with E-state index in [9.17, 15) is 0 Å². The molecule has 0 radical (unpaired) electrons. The van der Waals surface area contributed by atoms with Crippen LogP contribution in [-0.2, 0) is 0 Å². The minimum atomic E-state index is 0.633. The molecule has 11 rings (SSSR count). The molecule has 55 heavy (non-hydrogen) atoms. The Morgan fingerprint density at radius 1 is 0.255 bits per heavy atom. The van der Waals surface area contributed by atoms with Gasteiger partial charge in [-0.1, -0.05) is 164 Å². The van der Waals surface area contributed by atoms with Crippen molar-refractivity contribution in [1.82, 2.24) is 19.4 Å². The predicted molar refractivity (Wildman–Crippen MR) is 229 cm³/mol. The summed E-state index contributed by atoms with van der Waals surface area (Å²) in [5, 5.41) is 9.60. The first-order chi connectivity index (χ1) is 27.3. The second kappa shape index (κ2) is 12.6. The summed E-state index contributed by atoms with van der Waals surface area (Å²) in [6.07, 6.45) is 0. The van der Waals surface area contributed by atoms with E-state index in [1.54, 1.807) is 0 Å². The monoisotopic (exact) mass is 700 g/mol. The smallest absolute Gasteiger partial charge is 0.164 e. The highest BCUT2D eigenvalue weighted by atomic mass is 15.0. The SMILES string of the molecule is c1ccc(-c2cccc(-c3nc(-c4ccccc4)nc(-c4ccc5c(c4)c4cccc6c7ccccc7c7ccccc7c7ccccc7n5c64)n3)c2)cc1. The van der Waals surface area contributed by atoms with Crippen LogP contribution in [0, 0.1) is 0 Å². The van der Waals surface area contributed by atoms with Gasteiger partial charge in [-0.3, -0.25) is 0 Å². The lowest BCUT2D eigenvalue weighted by molar-refractivity contribution is 1.07. The van der Waals surface area contributed by atoms with Gasteiger partial charge in [0.15, 0.2) is 17.5 Å². The van der Waals surface area contributed by atoms with Crippen LogP contribution in [0.1, 0.15) is 0 Å². The number of aromatic nitrogens is 4. The van der Waals surface area contributed by atoms with Gasteiger partial charge >= 0.3 is 0 Å². The van der Waals surface area contributed by atoms with Gasteiger partial charge in [-0.15, -0.1) is 0 Å². The molecular formula is C51H32N4. The summed E-state index contributed by atoms with van der Waals surface area (Å²) < 4.78 is 2.46. The molecule has 0 saturated carbocycles. The zero-order valence-corrected chi connectivity index (χ0v) is 29.8. The van der Waals surface area contributed by atoms with Crippen molar-refractivity contribution in [3.8, 4) is 45.3 Å². The molecule has 4 heteroatoms. The van der Waals surface area contributed by atoms with E-state index in [2.05, 4.69) is 174 Å². The molecule has 0 unspecified atom stereocenters. The number of hydrogen-bond acceptors (Lipinski definition) is 3. The molecule has 0 N–H and O–H groups in total. The second-order valence-electron chi connectivity index (χ2n) is 14.0. The van der Waals surface area contributed by atoms with E-state index in [0.29, 0.717) is 17.5 Å². The number of benzene rings is 8. The van der Waals surface area contributed by atoms with E-state index in [4.69, 9.17) is 15.0 Å². The van der Waals surface area contributed by atoms with Crippen molar-refractivity contribution >= 4 is 59.6 Å². The van der Waals surface area contributed by atoms with Crippen molar-refractivity contribution in [2.45, 2.75) is 0 Å². The number of nitrogens with zero attached hydrogens (tertiary/aromatic N) is 4. The van der Waals surface area contributed by atoms with E-state index >= 15 is 0 Å². The zero-order valence-electron chi connectivity index (χ0n) is 29.8. The summed E-state index contributed by atoms with van der Waals surface area (Å²) in [4.78, 5) is 15.4. The molecule has 0 bridgehead atoms. The lowest BCUT2D eigenvalue weighted by Crippen LogP contribution is -2.00. The van der Waals surface area contributed by atoms with Gasteiger partial charge in [0, 0.05) is 38.2 Å². The first-order valence-corrected chi connectivity index (χ1v) is 18.6. The molecule has 3 aromatic heterocycles. The summed E-state index contributed by atoms with van der Waals surface area (Å²) in [6, 6.07) is 68.8. The van der Waals surface area contributed by atoms with Crippen molar-refractivity contribution < 1.29 is 0 Å². The van der Waals surface area contributed by atoms with E-state index in [0.717, 1.165) is 44.2 Å². The van der Waals surface area contributed by atoms with Gasteiger partial charge < -0.3 is 4.40 Å². The molecule has 0 aliphatic heterocycles. The van der Waals surface area contributed by atoms with E-state index in [1.807, 2.05) is 24.3 Å². The van der Waals surface area contributed by atoms with Crippen LogP contribution < -0.4 is 0 Å². The minimum absolute atomic E-state index is 0.633. The van der Waals surface area contributed by atoms with Crippen molar-refractivity contribution in [2.24, 2.45) is 0 Å². The average molecular weight is 701 g/mol. The van der Waals surface area contributed by atoms with Crippen LogP contribution in [-0.4, -0.2) is 19.4 Å². The maximum absolute atomic E-state index is 5.18. The molecule has 0 atom stereocenters. The van der Waals surface area contributed by atoms with E-state index < -0.39 is 0 Å². The Morgan fingerprint density at radius 3 is 1.35 bits per heavy atom. The van der Waals surface area contributed by atoms with Gasteiger partial charge in [0.2, 0.25) is 0 Å². The van der Waals surface area contributed by atoms with Gasteiger partial charge in [-0.05, 0) is 63.0 Å². The molecule has 0 aliphatic carbocycles. The zero-order chi connectivity index (χ0) is 36.3. The Hall–Kier alpha value is -7.43. The topological polar surface area (TPSA) is 43.1 Å². The molecule has 0 fully saturated rings. The van der Waals surface area contributed by atoms with Gasteiger partial charge in [0.1, 0.15) is 0 Å². The van der Waals surface area contributed by atoms with E-state index in [-0.39, 0.29) is 0 Å². The van der Waals surface area contributed by atoms with Crippen molar-refractivity contribution in [3.05, 3.63) is 194 Å². The summed E-state index contributed by atoms with van der Waals surface area (Å²) in [6.45, 7) is 0. The highest BCUT2D eigenvalue weighted by Gasteiger charge is 2.18. The minimum Gasteiger partial charge on any atom is -0.308 e. The Labute approximate surface area is 317 Å². The molecule has 0 amide bonds. The highest BCUT2D eigenvalue weighted by Crippen LogP contribution is 2.40. The normalized spacial score (nSPS) is 11.6. The fourth-order valence-electron chi connectivity index (χ4n) is 8.30. The average Bonchev–Trinajstić information content (AvgIpc) is 3.62. The number of fused-ring (bicyclic) bond motifs is 10. The van der Waals surface area contributed by atoms with Crippen molar-refractivity contribution in [1.29, 1.82) is 0 Å². The van der Waals surface area contributed by atoms with Crippen molar-refractivity contribution in [3.63, 3.8) is 0 Å². The third kappa shape index (κ3) is 5.11. The van der Waals surface area contributed by atoms with Crippen LogP contribution in [0.5, 0.6) is 0 Å². The van der Waals surface area contributed by atoms with Crippen LogP contribution in [0.4, 0.5) is 0 Å². The molecule has 0 saturated heterocycles. The maximum atomic E-state index is 5.18. The molecule has 8 aromatic carbocycles. The molecule has 4 nitrogen and oxygen atoms in total. The van der Waals surface area contributed by atoms with Crippen LogP contribution in [0.2, 0.25) is 0 Å². The summed E-state index contributed by atoms with van der Waals surface area (Å²) >= 11 is 0. The van der Waals surface area contributed by atoms with Crippen LogP contribution in [0.25, 0.3) is 105 Å². The second-order valence-corrected chi connectivity index (χ2v) is 14.0. The highest BCUT2D eigenvalue weighted by molar-refractivity contribution is 6.25. The number of hydrogen-bond donors (Lipinski definition) is 0. The molecule has 3 heterocycles. The molecule has 256 valence electrons. The molecule has 0 spiro atoms. The van der Waals surface area contributed by atoms with Crippen molar-refractivity contribution in [2.75, 3.05) is 0 Å². The summed E-state index contributed by atoms with van der Waals surface area (Å²) in [7, 11) is 0. The summed E-state index contributed by atoms with van der Waals surface area (Å²) in [5.41, 5.74) is 8.54. The van der Waals surface area contributed by atoms with Crippen LogP contribution in [0.3, 0.4) is 0 Å². The fraction of sp³-hybridized carbons (Fsp3) is 0. The first kappa shape index (κ1) is 31.1. The van der Waals surface area contributed by atoms with Crippen LogP contribution in [0.15, 0.2) is 194 Å². The Balaban J connectivity index is 1.21. The summed E-state index contributed by atoms with van der Waals surface area (Å²) in [5.74, 6) is 1.91. The predicted octanol–water partition coefficient (Wildman–Crippen LogP) is 13.1. The third-order valence-corrected chi connectivity index (χ3v) is 10.8. The van der Waals surface area contributed by atoms with E-state index in [1.165, 1.54) is 43.2 Å².